The molecule has 0 aliphatic carbocycles. The topological polar surface area (TPSA) is 102 Å². The fourth-order valence-corrected chi connectivity index (χ4v) is 2.33. The van der Waals surface area contributed by atoms with Crippen LogP contribution >= 0.6 is 0 Å². The standard InChI is InChI=1S/C19H22N4O3/c1-10(2)11(3)21-15-16(18(25)17(15)24)22-14-7-12(9-20)6-13(8-14)19(26)23(4)5/h6-8,10-11,21-22H,1-5H3/t11-/m0/s1. The predicted octanol–water partition coefficient (Wildman–Crippen LogP) is 2.06. The highest BCUT2D eigenvalue weighted by Crippen LogP contribution is 2.24. The van der Waals surface area contributed by atoms with Gasteiger partial charge in [-0.15, -0.1) is 0 Å². The minimum atomic E-state index is -0.619. The molecule has 2 aromatic carbocycles. The fraction of sp³-hybridized carbons (Fsp3) is 0.368. The van der Waals surface area contributed by atoms with Crippen LogP contribution in [0.3, 0.4) is 0 Å². The third-order valence-corrected chi connectivity index (χ3v) is 4.27. The summed E-state index contributed by atoms with van der Waals surface area (Å²) in [5.74, 6) is 0.0143. The van der Waals surface area contributed by atoms with E-state index in [2.05, 4.69) is 10.6 Å². The van der Waals surface area contributed by atoms with Crippen molar-refractivity contribution in [2.24, 2.45) is 5.92 Å². The molecule has 0 aromatic heterocycles. The van der Waals surface area contributed by atoms with Crippen LogP contribution in [0.25, 0.3) is 0 Å². The lowest BCUT2D eigenvalue weighted by atomic mass is 10.0. The SMILES string of the molecule is CC(C)[C@H](C)Nc1c(Nc2cc(C#N)cc(C(=O)N(C)C)c2)c(=O)c1=O. The molecule has 0 saturated heterocycles. The minimum absolute atomic E-state index is 0.00942. The highest BCUT2D eigenvalue weighted by atomic mass is 16.2. The van der Waals surface area contributed by atoms with Crippen molar-refractivity contribution < 1.29 is 4.79 Å². The molecule has 2 N–H and O–H groups in total. The summed E-state index contributed by atoms with van der Waals surface area (Å²) < 4.78 is 0. The smallest absolute Gasteiger partial charge is 0.253 e. The van der Waals surface area contributed by atoms with E-state index in [9.17, 15) is 19.6 Å². The van der Waals surface area contributed by atoms with Crippen LogP contribution in [0.4, 0.5) is 17.1 Å². The average Bonchev–Trinajstić information content (AvgIpc) is 2.62. The van der Waals surface area contributed by atoms with Gasteiger partial charge in [0.25, 0.3) is 16.8 Å². The van der Waals surface area contributed by atoms with Crippen molar-refractivity contribution in [3.05, 3.63) is 49.8 Å². The number of carbonyl (C=O) groups is 1. The minimum Gasteiger partial charge on any atom is -0.377 e. The van der Waals surface area contributed by atoms with Crippen molar-refractivity contribution in [2.75, 3.05) is 24.7 Å². The summed E-state index contributed by atoms with van der Waals surface area (Å²) in [5.41, 5.74) is 0.207. The largest absolute Gasteiger partial charge is 0.377 e. The van der Waals surface area contributed by atoms with Crippen LogP contribution in [-0.4, -0.2) is 30.9 Å². The Morgan fingerprint density at radius 3 is 2.23 bits per heavy atom. The Kier molecular flexibility index (Phi) is 5.46. The Morgan fingerprint density at radius 2 is 1.69 bits per heavy atom. The zero-order chi connectivity index (χ0) is 19.6. The highest BCUT2D eigenvalue weighted by molar-refractivity contribution is 5.95. The number of rotatable bonds is 6. The second-order valence-electron chi connectivity index (χ2n) is 6.82. The first-order valence-corrected chi connectivity index (χ1v) is 8.29. The quantitative estimate of drug-likeness (QED) is 0.770. The number of nitriles is 1. The number of hydrogen-bond acceptors (Lipinski definition) is 6. The number of benzene rings is 1. The lowest BCUT2D eigenvalue weighted by molar-refractivity contribution is 0.0827. The van der Waals surface area contributed by atoms with Gasteiger partial charge in [-0.05, 0) is 31.0 Å². The molecule has 0 aliphatic rings. The van der Waals surface area contributed by atoms with Crippen LogP contribution in [-0.2, 0) is 0 Å². The normalized spacial score (nSPS) is 11.9. The number of nitrogens with zero attached hydrogens (tertiary/aromatic N) is 2. The van der Waals surface area contributed by atoms with Crippen molar-refractivity contribution in [1.82, 2.24) is 4.90 Å². The van der Waals surface area contributed by atoms with Crippen molar-refractivity contribution in [3.8, 4) is 6.07 Å². The molecule has 7 heteroatoms. The zero-order valence-electron chi connectivity index (χ0n) is 15.5. The fourth-order valence-electron chi connectivity index (χ4n) is 2.33. The molecule has 0 unspecified atom stereocenters. The molecule has 1 amide bonds. The first kappa shape index (κ1) is 19.2. The molecule has 0 fully saturated rings. The third kappa shape index (κ3) is 3.75. The molecule has 0 bridgehead atoms. The molecular weight excluding hydrogens is 332 g/mol. The molecule has 7 nitrogen and oxygen atoms in total. The molecule has 0 aliphatic heterocycles. The maximum atomic E-state index is 12.2. The number of amides is 1. The maximum absolute atomic E-state index is 12.2. The maximum Gasteiger partial charge on any atom is 0.253 e. The van der Waals surface area contributed by atoms with Gasteiger partial charge in [-0.1, -0.05) is 13.8 Å². The van der Waals surface area contributed by atoms with E-state index in [1.165, 1.54) is 17.0 Å². The Balaban J connectivity index is 2.38. The summed E-state index contributed by atoms with van der Waals surface area (Å²) in [7, 11) is 3.22. The van der Waals surface area contributed by atoms with Gasteiger partial charge in [0, 0.05) is 31.4 Å². The van der Waals surface area contributed by atoms with Crippen molar-refractivity contribution in [3.63, 3.8) is 0 Å². The Labute approximate surface area is 151 Å². The Bertz CT molecular complexity index is 947. The summed E-state index contributed by atoms with van der Waals surface area (Å²) in [6.07, 6.45) is 0. The van der Waals surface area contributed by atoms with Crippen molar-refractivity contribution >= 4 is 23.0 Å². The van der Waals surface area contributed by atoms with Gasteiger partial charge >= 0.3 is 0 Å². The molecule has 0 heterocycles. The molecule has 2 rings (SSSR count). The van der Waals surface area contributed by atoms with E-state index in [0.29, 0.717) is 11.3 Å². The molecule has 136 valence electrons. The summed E-state index contributed by atoms with van der Waals surface area (Å²) in [6, 6.07) is 6.56. The van der Waals surface area contributed by atoms with Crippen LogP contribution < -0.4 is 21.5 Å². The van der Waals surface area contributed by atoms with Crippen LogP contribution in [0.15, 0.2) is 27.8 Å². The lowest BCUT2D eigenvalue weighted by Gasteiger charge is -2.22. The van der Waals surface area contributed by atoms with Crippen LogP contribution in [0, 0.1) is 17.2 Å². The van der Waals surface area contributed by atoms with E-state index in [0.717, 1.165) is 0 Å². The monoisotopic (exact) mass is 354 g/mol. The highest BCUT2D eigenvalue weighted by Gasteiger charge is 2.23. The molecule has 2 aromatic rings. The molecular formula is C19H22N4O3. The average molecular weight is 354 g/mol. The number of hydrogen-bond donors (Lipinski definition) is 2. The molecule has 1 atom stereocenters. The van der Waals surface area contributed by atoms with Crippen LogP contribution in [0.5, 0.6) is 0 Å². The van der Waals surface area contributed by atoms with Crippen molar-refractivity contribution in [1.29, 1.82) is 5.26 Å². The van der Waals surface area contributed by atoms with Gasteiger partial charge in [0.1, 0.15) is 11.4 Å². The van der Waals surface area contributed by atoms with Gasteiger partial charge in [0.15, 0.2) is 0 Å². The summed E-state index contributed by atoms with van der Waals surface area (Å²) in [4.78, 5) is 37.4. The van der Waals surface area contributed by atoms with Gasteiger partial charge in [-0.3, -0.25) is 14.4 Å². The second-order valence-corrected chi connectivity index (χ2v) is 6.82. The van der Waals surface area contributed by atoms with E-state index in [1.54, 1.807) is 20.2 Å². The first-order valence-electron chi connectivity index (χ1n) is 8.29. The van der Waals surface area contributed by atoms with E-state index in [1.807, 2.05) is 26.8 Å². The Morgan fingerprint density at radius 1 is 1.08 bits per heavy atom. The van der Waals surface area contributed by atoms with Crippen LogP contribution in [0.2, 0.25) is 0 Å². The van der Waals surface area contributed by atoms with Crippen molar-refractivity contribution in [2.45, 2.75) is 26.8 Å². The van der Waals surface area contributed by atoms with E-state index in [-0.39, 0.29) is 34.8 Å². The molecule has 0 saturated carbocycles. The second kappa shape index (κ2) is 7.40. The van der Waals surface area contributed by atoms with Gasteiger partial charge in [-0.2, -0.15) is 5.26 Å². The number of carbonyl (C=O) groups excluding carboxylic acids is 1. The molecule has 26 heavy (non-hydrogen) atoms. The van der Waals surface area contributed by atoms with Crippen LogP contribution in [0.1, 0.15) is 36.7 Å². The van der Waals surface area contributed by atoms with Gasteiger partial charge in [0.2, 0.25) is 0 Å². The van der Waals surface area contributed by atoms with Gasteiger partial charge in [-0.25, -0.2) is 0 Å². The van der Waals surface area contributed by atoms with Gasteiger partial charge in [0.05, 0.1) is 11.6 Å². The predicted molar refractivity (Wildman–Crippen MR) is 102 cm³/mol. The van der Waals surface area contributed by atoms with E-state index >= 15 is 0 Å². The zero-order valence-corrected chi connectivity index (χ0v) is 15.5. The third-order valence-electron chi connectivity index (χ3n) is 4.27. The summed E-state index contributed by atoms with van der Waals surface area (Å²) in [6.45, 7) is 5.94. The lowest BCUT2D eigenvalue weighted by Crippen LogP contribution is -2.39. The number of nitrogens with one attached hydrogen (secondary N) is 2. The van der Waals surface area contributed by atoms with E-state index < -0.39 is 10.9 Å². The Hall–Kier alpha value is -3.14. The first-order chi connectivity index (χ1) is 12.1. The molecule has 0 radical (unpaired) electrons. The number of anilines is 3. The molecule has 0 spiro atoms. The van der Waals surface area contributed by atoms with E-state index in [4.69, 9.17) is 0 Å². The summed E-state index contributed by atoms with van der Waals surface area (Å²) >= 11 is 0. The van der Waals surface area contributed by atoms with Gasteiger partial charge < -0.3 is 15.5 Å². The summed E-state index contributed by atoms with van der Waals surface area (Å²) in [5, 5.41) is 15.1.